The second-order valence-corrected chi connectivity index (χ2v) is 8.68. The predicted octanol–water partition coefficient (Wildman–Crippen LogP) is 7.20. The lowest BCUT2D eigenvalue weighted by Gasteiger charge is -2.06. The van der Waals surface area contributed by atoms with Gasteiger partial charge < -0.3 is 9.84 Å². The smallest absolute Gasteiger partial charge is 0.334 e. The standard InChI is InChI=1S/C24H48O3/c1-22(2)20-18-16-14-12-10-8-6-4-5-7-9-11-13-15-17-19-21-27-24(26)23(3)25/h22-23,25H,4-21H2,1-3H3. The highest BCUT2D eigenvalue weighted by molar-refractivity contribution is 5.73. The molecular formula is C24H48O3. The van der Waals surface area contributed by atoms with Crippen molar-refractivity contribution in [2.75, 3.05) is 6.61 Å². The first-order valence-corrected chi connectivity index (χ1v) is 11.9. The molecule has 0 rings (SSSR count). The van der Waals surface area contributed by atoms with Gasteiger partial charge in [-0.15, -0.1) is 0 Å². The topological polar surface area (TPSA) is 46.5 Å². The largest absolute Gasteiger partial charge is 0.464 e. The second-order valence-electron chi connectivity index (χ2n) is 8.68. The molecule has 0 saturated carbocycles. The summed E-state index contributed by atoms with van der Waals surface area (Å²) in [4.78, 5) is 11.1. The molecule has 0 aliphatic rings. The zero-order valence-corrected chi connectivity index (χ0v) is 18.6. The Morgan fingerprint density at radius 1 is 0.630 bits per heavy atom. The van der Waals surface area contributed by atoms with Crippen molar-refractivity contribution in [3.8, 4) is 0 Å². The van der Waals surface area contributed by atoms with E-state index in [1.54, 1.807) is 0 Å². The second kappa shape index (κ2) is 20.2. The fourth-order valence-corrected chi connectivity index (χ4v) is 3.42. The molecule has 0 aromatic heterocycles. The normalized spacial score (nSPS) is 12.5. The summed E-state index contributed by atoms with van der Waals surface area (Å²) in [6, 6.07) is 0. The molecule has 0 fully saturated rings. The maximum absolute atomic E-state index is 11.1. The number of carbonyl (C=O) groups excluding carboxylic acids is 1. The average Bonchev–Trinajstić information content (AvgIpc) is 2.63. The third kappa shape index (κ3) is 21.6. The summed E-state index contributed by atoms with van der Waals surface area (Å²) in [5, 5.41) is 9.01. The van der Waals surface area contributed by atoms with Gasteiger partial charge in [0, 0.05) is 0 Å². The number of aliphatic hydroxyl groups is 1. The quantitative estimate of drug-likeness (QED) is 0.178. The molecule has 0 spiro atoms. The van der Waals surface area contributed by atoms with Crippen LogP contribution >= 0.6 is 0 Å². The molecule has 162 valence electrons. The summed E-state index contributed by atoms with van der Waals surface area (Å²) >= 11 is 0. The van der Waals surface area contributed by atoms with Gasteiger partial charge >= 0.3 is 5.97 Å². The van der Waals surface area contributed by atoms with Gasteiger partial charge in [-0.1, -0.05) is 117 Å². The fourth-order valence-electron chi connectivity index (χ4n) is 3.42. The van der Waals surface area contributed by atoms with Crippen LogP contribution in [0.15, 0.2) is 0 Å². The zero-order chi connectivity index (χ0) is 20.2. The van der Waals surface area contributed by atoms with E-state index in [0.29, 0.717) is 6.61 Å². The van der Waals surface area contributed by atoms with Crippen molar-refractivity contribution < 1.29 is 14.6 Å². The maximum Gasteiger partial charge on any atom is 0.334 e. The first kappa shape index (κ1) is 26.4. The summed E-state index contributed by atoms with van der Waals surface area (Å²) in [5.74, 6) is 0.370. The van der Waals surface area contributed by atoms with Crippen LogP contribution in [0.25, 0.3) is 0 Å². The lowest BCUT2D eigenvalue weighted by molar-refractivity contribution is -0.152. The minimum absolute atomic E-state index is 0.446. The number of hydrogen-bond donors (Lipinski definition) is 1. The van der Waals surface area contributed by atoms with Crippen LogP contribution < -0.4 is 0 Å². The number of unbranched alkanes of at least 4 members (excludes halogenated alkanes) is 15. The highest BCUT2D eigenvalue weighted by atomic mass is 16.5. The van der Waals surface area contributed by atoms with Gasteiger partial charge in [-0.25, -0.2) is 4.79 Å². The summed E-state index contributed by atoms with van der Waals surface area (Å²) < 4.78 is 4.95. The van der Waals surface area contributed by atoms with Gasteiger partial charge in [-0.05, 0) is 19.3 Å². The van der Waals surface area contributed by atoms with E-state index >= 15 is 0 Å². The Morgan fingerprint density at radius 2 is 0.963 bits per heavy atom. The number of esters is 1. The van der Waals surface area contributed by atoms with E-state index in [-0.39, 0.29) is 0 Å². The third-order valence-electron chi connectivity index (χ3n) is 5.26. The van der Waals surface area contributed by atoms with Crippen LogP contribution in [0.2, 0.25) is 0 Å². The molecule has 1 atom stereocenters. The predicted molar refractivity (Wildman–Crippen MR) is 116 cm³/mol. The minimum atomic E-state index is -0.996. The molecule has 27 heavy (non-hydrogen) atoms. The van der Waals surface area contributed by atoms with Crippen LogP contribution in [-0.4, -0.2) is 23.8 Å². The van der Waals surface area contributed by atoms with E-state index in [1.807, 2.05) is 0 Å². The van der Waals surface area contributed by atoms with Crippen LogP contribution in [-0.2, 0) is 9.53 Å². The van der Waals surface area contributed by atoms with Gasteiger partial charge in [-0.2, -0.15) is 0 Å². The molecule has 3 heteroatoms. The van der Waals surface area contributed by atoms with Crippen molar-refractivity contribution in [2.24, 2.45) is 5.92 Å². The molecule has 0 aromatic rings. The van der Waals surface area contributed by atoms with E-state index in [2.05, 4.69) is 13.8 Å². The van der Waals surface area contributed by atoms with E-state index in [1.165, 1.54) is 103 Å². The fraction of sp³-hybridized carbons (Fsp3) is 0.958. The Hall–Kier alpha value is -0.570. The van der Waals surface area contributed by atoms with Gasteiger partial charge in [0.2, 0.25) is 0 Å². The van der Waals surface area contributed by atoms with Crippen molar-refractivity contribution in [1.82, 2.24) is 0 Å². The van der Waals surface area contributed by atoms with Crippen LogP contribution in [0.1, 0.15) is 130 Å². The van der Waals surface area contributed by atoms with E-state index in [4.69, 9.17) is 9.84 Å². The van der Waals surface area contributed by atoms with Gasteiger partial charge in [0.1, 0.15) is 6.10 Å². The molecule has 0 aromatic carbocycles. The first-order valence-electron chi connectivity index (χ1n) is 11.9. The van der Waals surface area contributed by atoms with Gasteiger partial charge in [0.25, 0.3) is 0 Å². The van der Waals surface area contributed by atoms with Crippen LogP contribution in [0.3, 0.4) is 0 Å². The van der Waals surface area contributed by atoms with Crippen molar-refractivity contribution in [1.29, 1.82) is 0 Å². The molecular weight excluding hydrogens is 336 g/mol. The number of ether oxygens (including phenoxy) is 1. The molecule has 0 aliphatic carbocycles. The number of hydrogen-bond acceptors (Lipinski definition) is 3. The van der Waals surface area contributed by atoms with Crippen molar-refractivity contribution in [3.63, 3.8) is 0 Å². The maximum atomic E-state index is 11.1. The van der Waals surface area contributed by atoms with Gasteiger partial charge in [-0.3, -0.25) is 0 Å². The molecule has 0 bridgehead atoms. The summed E-state index contributed by atoms with van der Waals surface area (Å²) in [6.07, 6.45) is 21.9. The Kier molecular flexibility index (Phi) is 19.7. The average molecular weight is 385 g/mol. The molecule has 0 saturated heterocycles. The summed E-state index contributed by atoms with van der Waals surface area (Å²) in [7, 11) is 0. The van der Waals surface area contributed by atoms with Gasteiger partial charge in [0.05, 0.1) is 6.61 Å². The summed E-state index contributed by atoms with van der Waals surface area (Å²) in [5.41, 5.74) is 0. The first-order chi connectivity index (χ1) is 13.0. The van der Waals surface area contributed by atoms with Crippen molar-refractivity contribution >= 4 is 5.97 Å². The Labute approximate surface area is 169 Å². The Bertz CT molecular complexity index is 313. The lowest BCUT2D eigenvalue weighted by atomic mass is 10.0. The third-order valence-corrected chi connectivity index (χ3v) is 5.26. The SMILES string of the molecule is CC(C)CCCCCCCCCCCCCCCCCCOC(=O)C(C)O. The Balaban J connectivity index is 3.06. The molecule has 1 N–H and O–H groups in total. The van der Waals surface area contributed by atoms with Crippen LogP contribution in [0.4, 0.5) is 0 Å². The van der Waals surface area contributed by atoms with Crippen molar-refractivity contribution in [3.05, 3.63) is 0 Å². The molecule has 0 heterocycles. The van der Waals surface area contributed by atoms with Crippen LogP contribution in [0.5, 0.6) is 0 Å². The molecule has 1 unspecified atom stereocenters. The number of carbonyl (C=O) groups is 1. The zero-order valence-electron chi connectivity index (χ0n) is 18.6. The summed E-state index contributed by atoms with van der Waals surface area (Å²) in [6.45, 7) is 6.53. The number of rotatable bonds is 20. The highest BCUT2D eigenvalue weighted by Gasteiger charge is 2.08. The number of aliphatic hydroxyl groups excluding tert-OH is 1. The van der Waals surface area contributed by atoms with E-state index < -0.39 is 12.1 Å². The molecule has 0 radical (unpaired) electrons. The molecule has 0 aliphatic heterocycles. The monoisotopic (exact) mass is 384 g/mol. The Morgan fingerprint density at radius 3 is 1.30 bits per heavy atom. The van der Waals surface area contributed by atoms with Crippen molar-refractivity contribution in [2.45, 2.75) is 136 Å². The lowest BCUT2D eigenvalue weighted by Crippen LogP contribution is -2.19. The molecule has 0 amide bonds. The van der Waals surface area contributed by atoms with E-state index in [9.17, 15) is 4.79 Å². The molecule has 3 nitrogen and oxygen atoms in total. The van der Waals surface area contributed by atoms with Crippen LogP contribution in [0, 0.1) is 5.92 Å². The van der Waals surface area contributed by atoms with Gasteiger partial charge in [0.15, 0.2) is 0 Å². The van der Waals surface area contributed by atoms with E-state index in [0.717, 1.165) is 18.8 Å². The minimum Gasteiger partial charge on any atom is -0.464 e. The highest BCUT2D eigenvalue weighted by Crippen LogP contribution is 2.15.